The molecule has 0 fully saturated rings. The Hall–Kier alpha value is -3.56. The number of aromatic nitrogens is 6. The number of aromatic amines is 1. The van der Waals surface area contributed by atoms with Gasteiger partial charge in [-0.25, -0.2) is 0 Å². The number of anilines is 1. The van der Waals surface area contributed by atoms with Crippen LogP contribution in [0.5, 0.6) is 0 Å². The molecule has 3 aromatic rings. The van der Waals surface area contributed by atoms with Crippen LogP contribution in [0.15, 0.2) is 42.7 Å². The highest BCUT2D eigenvalue weighted by molar-refractivity contribution is 5.94. The number of benzene rings is 1. The van der Waals surface area contributed by atoms with Gasteiger partial charge in [0.1, 0.15) is 6.54 Å². The molecule has 3 N–H and O–H groups in total. The molecule has 3 rings (SSSR count). The summed E-state index contributed by atoms with van der Waals surface area (Å²) in [5, 5.41) is 23.2. The molecule has 0 aliphatic carbocycles. The van der Waals surface area contributed by atoms with E-state index in [-0.39, 0.29) is 19.0 Å². The van der Waals surface area contributed by atoms with Gasteiger partial charge in [-0.15, -0.1) is 10.2 Å². The highest BCUT2D eigenvalue weighted by atomic mass is 16.2. The van der Waals surface area contributed by atoms with Crippen LogP contribution < -0.4 is 10.6 Å². The molecule has 10 heteroatoms. The molecule has 0 radical (unpaired) electrons. The number of nitrogens with zero attached hydrogens (tertiary/aromatic N) is 5. The average Bonchev–Trinajstić information content (AvgIpc) is 3.26. The first kappa shape index (κ1) is 15.3. The van der Waals surface area contributed by atoms with Gasteiger partial charge in [0.15, 0.2) is 0 Å². The van der Waals surface area contributed by atoms with E-state index >= 15 is 0 Å². The third-order valence-corrected chi connectivity index (χ3v) is 3.00. The summed E-state index contributed by atoms with van der Waals surface area (Å²) in [5.41, 5.74) is 1.34. The summed E-state index contributed by atoms with van der Waals surface area (Å²) >= 11 is 0. The number of nitrogens with one attached hydrogen (secondary N) is 3. The van der Waals surface area contributed by atoms with Crippen LogP contribution >= 0.6 is 0 Å². The topological polar surface area (TPSA) is 130 Å². The summed E-state index contributed by atoms with van der Waals surface area (Å²) in [5.74, 6) is -0.322. The largest absolute Gasteiger partial charge is 0.345 e. The van der Waals surface area contributed by atoms with Gasteiger partial charge in [0.2, 0.25) is 17.6 Å². The predicted octanol–water partition coefficient (Wildman–Crippen LogP) is -0.182. The van der Waals surface area contributed by atoms with Crippen LogP contribution in [-0.2, 0) is 16.1 Å². The molecule has 0 saturated heterocycles. The Labute approximate surface area is 136 Å². The van der Waals surface area contributed by atoms with E-state index in [1.54, 1.807) is 0 Å². The molecule has 2 aromatic heterocycles. The molecule has 0 aliphatic heterocycles. The number of carbonyl (C=O) groups excluding carboxylic acids is 2. The van der Waals surface area contributed by atoms with Gasteiger partial charge in [-0.05, 0) is 5.21 Å². The molecule has 1 aromatic carbocycles. The highest BCUT2D eigenvalue weighted by Gasteiger charge is 2.10. The van der Waals surface area contributed by atoms with E-state index in [9.17, 15) is 9.59 Å². The minimum Gasteiger partial charge on any atom is -0.345 e. The zero-order valence-corrected chi connectivity index (χ0v) is 12.5. The summed E-state index contributed by atoms with van der Waals surface area (Å²) in [4.78, 5) is 24.6. The van der Waals surface area contributed by atoms with Crippen molar-refractivity contribution >= 4 is 17.5 Å². The van der Waals surface area contributed by atoms with Gasteiger partial charge in [0, 0.05) is 11.8 Å². The van der Waals surface area contributed by atoms with Crippen molar-refractivity contribution < 1.29 is 9.59 Å². The van der Waals surface area contributed by atoms with Gasteiger partial charge in [-0.3, -0.25) is 14.7 Å². The molecular formula is C14H14N8O2. The second-order valence-electron chi connectivity index (χ2n) is 4.82. The Morgan fingerprint density at radius 1 is 1.17 bits per heavy atom. The van der Waals surface area contributed by atoms with Gasteiger partial charge >= 0.3 is 0 Å². The zero-order chi connectivity index (χ0) is 16.8. The van der Waals surface area contributed by atoms with Crippen molar-refractivity contribution in [3.63, 3.8) is 0 Å². The first-order valence-corrected chi connectivity index (χ1v) is 7.09. The number of hydrogen-bond donors (Lipinski definition) is 3. The molecule has 2 amide bonds. The van der Waals surface area contributed by atoms with Crippen molar-refractivity contribution in [3.8, 4) is 11.4 Å². The quantitative estimate of drug-likeness (QED) is 0.576. The Bertz CT molecular complexity index is 812. The normalized spacial score (nSPS) is 10.3. The van der Waals surface area contributed by atoms with Gasteiger partial charge in [-0.2, -0.15) is 9.90 Å². The summed E-state index contributed by atoms with van der Waals surface area (Å²) in [6.07, 6.45) is 2.99. The van der Waals surface area contributed by atoms with Crippen molar-refractivity contribution in [1.29, 1.82) is 0 Å². The number of tetrazole rings is 1. The minimum absolute atomic E-state index is 0.126. The molecule has 122 valence electrons. The lowest BCUT2D eigenvalue weighted by atomic mass is 10.2. The highest BCUT2D eigenvalue weighted by Crippen LogP contribution is 2.11. The maximum Gasteiger partial charge on any atom is 0.244 e. The second-order valence-corrected chi connectivity index (χ2v) is 4.82. The molecule has 2 heterocycles. The van der Waals surface area contributed by atoms with Crippen LogP contribution in [0.3, 0.4) is 0 Å². The lowest BCUT2D eigenvalue weighted by Gasteiger charge is -2.04. The smallest absolute Gasteiger partial charge is 0.244 e. The summed E-state index contributed by atoms with van der Waals surface area (Å²) in [6, 6.07) is 9.31. The second kappa shape index (κ2) is 7.13. The standard InChI is InChI=1S/C14H14N8O2/c23-12(18-11-6-16-17-7-11)8-15-13(24)9-22-20-14(19-21-22)10-4-2-1-3-5-10/h1-7H,8-9H2,(H,15,24)(H,16,17)(H,18,23). The number of H-pyrrole nitrogens is 1. The monoisotopic (exact) mass is 326 g/mol. The van der Waals surface area contributed by atoms with Crippen molar-refractivity contribution in [2.24, 2.45) is 0 Å². The Morgan fingerprint density at radius 2 is 2.00 bits per heavy atom. The molecule has 10 nitrogen and oxygen atoms in total. The van der Waals surface area contributed by atoms with Crippen molar-refractivity contribution in [3.05, 3.63) is 42.7 Å². The van der Waals surface area contributed by atoms with Crippen LogP contribution in [0.1, 0.15) is 0 Å². The fraction of sp³-hybridized carbons (Fsp3) is 0.143. The number of hydrogen-bond acceptors (Lipinski definition) is 6. The third-order valence-electron chi connectivity index (χ3n) is 3.00. The maximum atomic E-state index is 11.8. The van der Waals surface area contributed by atoms with Crippen LogP contribution in [-0.4, -0.2) is 48.8 Å². The molecule has 24 heavy (non-hydrogen) atoms. The van der Waals surface area contributed by atoms with E-state index in [0.29, 0.717) is 11.5 Å². The van der Waals surface area contributed by atoms with E-state index in [0.717, 1.165) is 5.56 Å². The Kier molecular flexibility index (Phi) is 4.56. The summed E-state index contributed by atoms with van der Waals surface area (Å²) < 4.78 is 0. The lowest BCUT2D eigenvalue weighted by Crippen LogP contribution is -2.35. The van der Waals surface area contributed by atoms with Crippen molar-refractivity contribution in [1.82, 2.24) is 35.7 Å². The van der Waals surface area contributed by atoms with E-state index in [1.165, 1.54) is 17.2 Å². The summed E-state index contributed by atoms with van der Waals surface area (Å²) in [6.45, 7) is -0.289. The molecule has 0 saturated carbocycles. The molecule has 0 aliphatic rings. The third kappa shape index (κ3) is 4.00. The van der Waals surface area contributed by atoms with Gasteiger partial charge in [0.05, 0.1) is 18.4 Å². The van der Waals surface area contributed by atoms with Crippen LogP contribution in [0.4, 0.5) is 5.69 Å². The average molecular weight is 326 g/mol. The first-order chi connectivity index (χ1) is 11.7. The lowest BCUT2D eigenvalue weighted by molar-refractivity contribution is -0.124. The fourth-order valence-electron chi connectivity index (χ4n) is 1.90. The van der Waals surface area contributed by atoms with E-state index in [1.807, 2.05) is 30.3 Å². The SMILES string of the molecule is O=C(Cn1nnc(-c2ccccc2)n1)NCC(=O)Nc1cn[nH]c1. The predicted molar refractivity (Wildman–Crippen MR) is 83.5 cm³/mol. The number of amides is 2. The van der Waals surface area contributed by atoms with Crippen LogP contribution in [0, 0.1) is 0 Å². The zero-order valence-electron chi connectivity index (χ0n) is 12.5. The molecule has 0 bridgehead atoms. The van der Waals surface area contributed by atoms with Gasteiger partial charge in [-0.1, -0.05) is 30.3 Å². The first-order valence-electron chi connectivity index (χ1n) is 7.09. The maximum absolute atomic E-state index is 11.8. The van der Waals surface area contributed by atoms with E-state index in [2.05, 4.69) is 36.2 Å². The van der Waals surface area contributed by atoms with Crippen molar-refractivity contribution in [2.45, 2.75) is 6.54 Å². The molecular weight excluding hydrogens is 312 g/mol. The van der Waals surface area contributed by atoms with E-state index < -0.39 is 5.91 Å². The molecule has 0 spiro atoms. The summed E-state index contributed by atoms with van der Waals surface area (Å²) in [7, 11) is 0. The van der Waals surface area contributed by atoms with Crippen molar-refractivity contribution in [2.75, 3.05) is 11.9 Å². The molecule has 0 atom stereocenters. The Balaban J connectivity index is 1.48. The van der Waals surface area contributed by atoms with Gasteiger partial charge < -0.3 is 10.6 Å². The number of rotatable bonds is 6. The van der Waals surface area contributed by atoms with Gasteiger partial charge in [0.25, 0.3) is 0 Å². The Morgan fingerprint density at radius 3 is 2.75 bits per heavy atom. The van der Waals surface area contributed by atoms with Crippen LogP contribution in [0.25, 0.3) is 11.4 Å². The fourth-order valence-corrected chi connectivity index (χ4v) is 1.90. The molecule has 0 unspecified atom stereocenters. The minimum atomic E-state index is -0.394. The van der Waals surface area contributed by atoms with Crippen LogP contribution in [0.2, 0.25) is 0 Å². The van der Waals surface area contributed by atoms with E-state index in [4.69, 9.17) is 0 Å². The number of carbonyl (C=O) groups is 2.